The highest BCUT2D eigenvalue weighted by atomic mass is 32.1. The van der Waals surface area contributed by atoms with Gasteiger partial charge in [0.15, 0.2) is 10.4 Å². The van der Waals surface area contributed by atoms with Crippen molar-refractivity contribution in [3.63, 3.8) is 0 Å². The van der Waals surface area contributed by atoms with Gasteiger partial charge in [-0.05, 0) is 43.4 Å². The van der Waals surface area contributed by atoms with Crippen molar-refractivity contribution in [2.24, 2.45) is 0 Å². The maximum absolute atomic E-state index is 5.32. The zero-order valence-electron chi connectivity index (χ0n) is 9.92. The summed E-state index contributed by atoms with van der Waals surface area (Å²) in [7, 11) is 0. The van der Waals surface area contributed by atoms with Crippen LogP contribution in [0.4, 0.5) is 0 Å². The maximum Gasteiger partial charge on any atom is 0.179 e. The van der Waals surface area contributed by atoms with Crippen LogP contribution < -0.4 is 0 Å². The molecule has 3 heterocycles. The molecule has 0 saturated carbocycles. The first kappa shape index (κ1) is 11.1. The molecule has 1 N–H and O–H groups in total. The van der Waals surface area contributed by atoms with Crippen molar-refractivity contribution < 1.29 is 0 Å². The van der Waals surface area contributed by atoms with E-state index < -0.39 is 0 Å². The molecule has 0 saturated heterocycles. The van der Waals surface area contributed by atoms with Crippen LogP contribution >= 0.6 is 12.2 Å². The first-order valence-corrected chi connectivity index (χ1v) is 6.11. The molecule has 0 aliphatic carbocycles. The van der Waals surface area contributed by atoms with Crippen molar-refractivity contribution >= 4 is 23.4 Å². The fourth-order valence-corrected chi connectivity index (χ4v) is 2.25. The Morgan fingerprint density at radius 1 is 1.28 bits per heavy atom. The third kappa shape index (κ3) is 1.93. The first-order chi connectivity index (χ1) is 8.74. The SMILES string of the molecule is Cc1cccc(Cn2c(=S)[nH]c3cccnc32)n1. The predicted octanol–water partition coefficient (Wildman–Crippen LogP) is 2.85. The summed E-state index contributed by atoms with van der Waals surface area (Å²) in [5.41, 5.74) is 3.81. The molecule has 3 aromatic rings. The Bertz CT molecular complexity index is 757. The fraction of sp³-hybridized carbons (Fsp3) is 0.154. The van der Waals surface area contributed by atoms with Gasteiger partial charge in [-0.15, -0.1) is 0 Å². The third-order valence-electron chi connectivity index (χ3n) is 2.80. The van der Waals surface area contributed by atoms with Crippen LogP contribution in [0.2, 0.25) is 0 Å². The minimum absolute atomic E-state index is 0.636. The molecule has 0 aliphatic heterocycles. The number of H-pyrrole nitrogens is 1. The first-order valence-electron chi connectivity index (χ1n) is 5.70. The van der Waals surface area contributed by atoms with Crippen molar-refractivity contribution in [1.82, 2.24) is 19.5 Å². The van der Waals surface area contributed by atoms with E-state index >= 15 is 0 Å². The van der Waals surface area contributed by atoms with Crippen LogP contribution in [0.25, 0.3) is 11.2 Å². The third-order valence-corrected chi connectivity index (χ3v) is 3.12. The Hall–Kier alpha value is -2.01. The second-order valence-corrected chi connectivity index (χ2v) is 4.55. The van der Waals surface area contributed by atoms with Crippen molar-refractivity contribution in [3.8, 4) is 0 Å². The molecule has 18 heavy (non-hydrogen) atoms. The number of fused-ring (bicyclic) bond motifs is 1. The Kier molecular flexibility index (Phi) is 2.68. The Labute approximate surface area is 109 Å². The van der Waals surface area contributed by atoms with E-state index in [0.717, 1.165) is 22.6 Å². The van der Waals surface area contributed by atoms with Gasteiger partial charge < -0.3 is 4.98 Å². The average Bonchev–Trinajstić information content (AvgIpc) is 2.66. The summed E-state index contributed by atoms with van der Waals surface area (Å²) < 4.78 is 2.64. The number of imidazole rings is 1. The molecule has 0 amide bonds. The molecule has 0 aliphatic rings. The normalized spacial score (nSPS) is 10.9. The zero-order valence-corrected chi connectivity index (χ0v) is 10.7. The predicted molar refractivity (Wildman–Crippen MR) is 73.0 cm³/mol. The van der Waals surface area contributed by atoms with Gasteiger partial charge in [-0.3, -0.25) is 9.55 Å². The molecule has 5 heteroatoms. The molecule has 0 unspecified atom stereocenters. The molecule has 0 bridgehead atoms. The number of pyridine rings is 2. The molecule has 3 aromatic heterocycles. The summed E-state index contributed by atoms with van der Waals surface area (Å²) in [5, 5.41) is 0. The van der Waals surface area contributed by atoms with Gasteiger partial charge in [0, 0.05) is 11.9 Å². The molecule has 3 rings (SSSR count). The highest BCUT2D eigenvalue weighted by molar-refractivity contribution is 7.71. The van der Waals surface area contributed by atoms with Gasteiger partial charge in [-0.1, -0.05) is 6.07 Å². The summed E-state index contributed by atoms with van der Waals surface area (Å²) in [5.74, 6) is 0. The lowest BCUT2D eigenvalue weighted by Gasteiger charge is -2.04. The maximum atomic E-state index is 5.32. The second kappa shape index (κ2) is 4.34. The molecule has 4 nitrogen and oxygen atoms in total. The average molecular weight is 256 g/mol. The number of aromatic nitrogens is 4. The largest absolute Gasteiger partial charge is 0.329 e. The van der Waals surface area contributed by atoms with Crippen LogP contribution in [0.3, 0.4) is 0 Å². The van der Waals surface area contributed by atoms with Gasteiger partial charge in [-0.25, -0.2) is 4.98 Å². The number of hydrogen-bond donors (Lipinski definition) is 1. The van der Waals surface area contributed by atoms with E-state index in [2.05, 4.69) is 15.0 Å². The Balaban J connectivity index is 2.10. The van der Waals surface area contributed by atoms with Crippen molar-refractivity contribution in [2.75, 3.05) is 0 Å². The lowest BCUT2D eigenvalue weighted by atomic mass is 10.3. The summed E-state index contributed by atoms with van der Waals surface area (Å²) in [4.78, 5) is 12.0. The van der Waals surface area contributed by atoms with E-state index in [1.165, 1.54) is 0 Å². The second-order valence-electron chi connectivity index (χ2n) is 4.16. The quantitative estimate of drug-likeness (QED) is 0.717. The number of nitrogens with zero attached hydrogens (tertiary/aromatic N) is 3. The number of rotatable bonds is 2. The molecular formula is C13H12N4S. The lowest BCUT2D eigenvalue weighted by molar-refractivity contribution is 0.773. The summed E-state index contributed by atoms with van der Waals surface area (Å²) in [6.45, 7) is 2.62. The van der Waals surface area contributed by atoms with Gasteiger partial charge >= 0.3 is 0 Å². The number of aryl methyl sites for hydroxylation is 1. The highest BCUT2D eigenvalue weighted by Crippen LogP contribution is 2.12. The minimum atomic E-state index is 0.636. The van der Waals surface area contributed by atoms with E-state index in [4.69, 9.17) is 12.2 Å². The molecular weight excluding hydrogens is 244 g/mol. The smallest absolute Gasteiger partial charge is 0.179 e. The Morgan fingerprint density at radius 3 is 3.00 bits per heavy atom. The van der Waals surface area contributed by atoms with E-state index in [9.17, 15) is 0 Å². The molecule has 0 fully saturated rings. The molecule has 0 spiro atoms. The molecule has 0 atom stereocenters. The summed E-state index contributed by atoms with van der Waals surface area (Å²) >= 11 is 5.32. The standard InChI is InChI=1S/C13H12N4S/c1-9-4-2-5-10(15-9)8-17-12-11(16-13(17)18)6-3-7-14-12/h2-7H,8H2,1H3,(H,16,18). The highest BCUT2D eigenvalue weighted by Gasteiger charge is 2.06. The monoisotopic (exact) mass is 256 g/mol. The fourth-order valence-electron chi connectivity index (χ4n) is 1.98. The van der Waals surface area contributed by atoms with E-state index in [1.807, 2.05) is 41.8 Å². The van der Waals surface area contributed by atoms with Gasteiger partial charge in [0.2, 0.25) is 0 Å². The zero-order chi connectivity index (χ0) is 12.5. The molecule has 90 valence electrons. The summed E-state index contributed by atoms with van der Waals surface area (Å²) in [6.07, 6.45) is 1.77. The van der Waals surface area contributed by atoms with Crippen LogP contribution in [0.5, 0.6) is 0 Å². The van der Waals surface area contributed by atoms with Gasteiger partial charge in [0.05, 0.1) is 17.8 Å². The van der Waals surface area contributed by atoms with Crippen LogP contribution in [-0.4, -0.2) is 19.5 Å². The van der Waals surface area contributed by atoms with E-state index in [-0.39, 0.29) is 0 Å². The van der Waals surface area contributed by atoms with Gasteiger partial charge in [0.25, 0.3) is 0 Å². The lowest BCUT2D eigenvalue weighted by Crippen LogP contribution is -2.03. The van der Waals surface area contributed by atoms with E-state index in [0.29, 0.717) is 11.3 Å². The van der Waals surface area contributed by atoms with Crippen LogP contribution in [0.15, 0.2) is 36.5 Å². The molecule has 0 aromatic carbocycles. The van der Waals surface area contributed by atoms with E-state index in [1.54, 1.807) is 6.20 Å². The van der Waals surface area contributed by atoms with Crippen LogP contribution in [0, 0.1) is 11.7 Å². The summed E-state index contributed by atoms with van der Waals surface area (Å²) in [6, 6.07) is 9.84. The van der Waals surface area contributed by atoms with Crippen molar-refractivity contribution in [1.29, 1.82) is 0 Å². The topological polar surface area (TPSA) is 46.5 Å². The van der Waals surface area contributed by atoms with Crippen molar-refractivity contribution in [2.45, 2.75) is 13.5 Å². The van der Waals surface area contributed by atoms with Gasteiger partial charge in [0.1, 0.15) is 0 Å². The van der Waals surface area contributed by atoms with Crippen LogP contribution in [-0.2, 0) is 6.54 Å². The molecule has 0 radical (unpaired) electrons. The minimum Gasteiger partial charge on any atom is -0.329 e. The number of nitrogens with one attached hydrogen (secondary N) is 1. The van der Waals surface area contributed by atoms with Crippen molar-refractivity contribution in [3.05, 3.63) is 52.7 Å². The number of hydrogen-bond acceptors (Lipinski definition) is 3. The number of aromatic amines is 1. The Morgan fingerprint density at radius 2 is 2.17 bits per heavy atom. The van der Waals surface area contributed by atoms with Crippen LogP contribution in [0.1, 0.15) is 11.4 Å². The van der Waals surface area contributed by atoms with Gasteiger partial charge in [-0.2, -0.15) is 0 Å².